The van der Waals surface area contributed by atoms with E-state index in [1.54, 1.807) is 6.92 Å². The van der Waals surface area contributed by atoms with Crippen LogP contribution < -0.4 is 0 Å². The Balaban J connectivity index is 6.39. The molecule has 0 aromatic heterocycles. The van der Waals surface area contributed by atoms with Gasteiger partial charge >= 0.3 is 35.8 Å². The van der Waals surface area contributed by atoms with Gasteiger partial charge in [0.1, 0.15) is 13.2 Å². The highest BCUT2D eigenvalue weighted by molar-refractivity contribution is 5.71. The molecule has 0 aliphatic heterocycles. The van der Waals surface area contributed by atoms with Gasteiger partial charge < -0.3 is 28.4 Å². The SMILES string of the molecule is CCC(=O)OC[C@@H](OC(=O)CC)[C@@H](OC(=O)CC)[C@H](OC(C)=O)[C@H](COC(C)=O)OC(C)=O. The standard InChI is InChI=1S/C21H32O12/c1-7-17(25)29-11-16(32-18(26)8-2)21(33-19(27)9-3)20(31-14(6)24)15(30-13(5)23)10-28-12(4)22/h15-16,20-21H,7-11H2,1-6H3/t15-,16+,20+,21+/m0/s1. The normalized spacial score (nSPS) is 14.0. The van der Waals surface area contributed by atoms with E-state index in [1.165, 1.54) is 13.8 Å². The fourth-order valence-corrected chi connectivity index (χ4v) is 2.47. The van der Waals surface area contributed by atoms with Crippen LogP contribution in [0.3, 0.4) is 0 Å². The summed E-state index contributed by atoms with van der Waals surface area (Å²) >= 11 is 0. The minimum atomic E-state index is -1.57. The average molecular weight is 476 g/mol. The first-order chi connectivity index (χ1) is 15.4. The molecule has 0 saturated heterocycles. The monoisotopic (exact) mass is 476 g/mol. The summed E-state index contributed by atoms with van der Waals surface area (Å²) in [6.07, 6.45) is -6.15. The van der Waals surface area contributed by atoms with E-state index in [1.807, 2.05) is 0 Å². The van der Waals surface area contributed by atoms with E-state index in [0.717, 1.165) is 20.8 Å². The van der Waals surface area contributed by atoms with Gasteiger partial charge in [0.25, 0.3) is 0 Å². The molecule has 12 nitrogen and oxygen atoms in total. The Morgan fingerprint density at radius 1 is 0.515 bits per heavy atom. The number of carbonyl (C=O) groups is 6. The number of esters is 6. The summed E-state index contributed by atoms with van der Waals surface area (Å²) in [5.41, 5.74) is 0. The summed E-state index contributed by atoms with van der Waals surface area (Å²) in [6, 6.07) is 0. The largest absolute Gasteiger partial charge is 0.462 e. The minimum Gasteiger partial charge on any atom is -0.462 e. The third kappa shape index (κ3) is 12.4. The molecule has 0 heterocycles. The molecule has 0 N–H and O–H groups in total. The van der Waals surface area contributed by atoms with E-state index < -0.39 is 73.4 Å². The highest BCUT2D eigenvalue weighted by Gasteiger charge is 2.44. The van der Waals surface area contributed by atoms with E-state index >= 15 is 0 Å². The molecule has 12 heteroatoms. The quantitative estimate of drug-likeness (QED) is 0.259. The molecule has 0 aliphatic rings. The molecule has 0 amide bonds. The zero-order valence-electron chi connectivity index (χ0n) is 19.7. The van der Waals surface area contributed by atoms with E-state index in [2.05, 4.69) is 0 Å². The molecule has 33 heavy (non-hydrogen) atoms. The van der Waals surface area contributed by atoms with Crippen LogP contribution in [0.25, 0.3) is 0 Å². The van der Waals surface area contributed by atoms with Crippen molar-refractivity contribution in [1.29, 1.82) is 0 Å². The molecule has 0 unspecified atom stereocenters. The average Bonchev–Trinajstić information content (AvgIpc) is 2.75. The lowest BCUT2D eigenvalue weighted by Gasteiger charge is -2.35. The van der Waals surface area contributed by atoms with Gasteiger partial charge in [-0.3, -0.25) is 28.8 Å². The maximum atomic E-state index is 12.2. The Hall–Kier alpha value is -3.18. The second kappa shape index (κ2) is 15.6. The molecule has 0 radical (unpaired) electrons. The molecule has 0 fully saturated rings. The van der Waals surface area contributed by atoms with Gasteiger partial charge in [0.15, 0.2) is 24.4 Å². The number of ether oxygens (including phenoxy) is 6. The van der Waals surface area contributed by atoms with Gasteiger partial charge in [-0.2, -0.15) is 0 Å². The molecule has 0 rings (SSSR count). The van der Waals surface area contributed by atoms with Crippen LogP contribution in [0.4, 0.5) is 0 Å². The van der Waals surface area contributed by atoms with Gasteiger partial charge in [-0.25, -0.2) is 0 Å². The first kappa shape index (κ1) is 29.8. The Kier molecular flexibility index (Phi) is 14.1. The summed E-state index contributed by atoms with van der Waals surface area (Å²) in [5, 5.41) is 0. The van der Waals surface area contributed by atoms with Crippen LogP contribution in [-0.2, 0) is 57.2 Å². The van der Waals surface area contributed by atoms with Gasteiger partial charge in [0.05, 0.1) is 0 Å². The molecule has 188 valence electrons. The van der Waals surface area contributed by atoms with Crippen molar-refractivity contribution in [3.05, 3.63) is 0 Å². The molecule has 0 spiro atoms. The Morgan fingerprint density at radius 3 is 1.39 bits per heavy atom. The number of rotatable bonds is 14. The van der Waals surface area contributed by atoms with Crippen molar-refractivity contribution in [2.24, 2.45) is 0 Å². The van der Waals surface area contributed by atoms with Crippen LogP contribution in [0.5, 0.6) is 0 Å². The first-order valence-electron chi connectivity index (χ1n) is 10.5. The molecular weight excluding hydrogens is 444 g/mol. The van der Waals surface area contributed by atoms with Crippen molar-refractivity contribution in [2.75, 3.05) is 13.2 Å². The lowest BCUT2D eigenvalue weighted by atomic mass is 10.0. The van der Waals surface area contributed by atoms with Gasteiger partial charge in [-0.1, -0.05) is 20.8 Å². The fraction of sp³-hybridized carbons (Fsp3) is 0.714. The smallest absolute Gasteiger partial charge is 0.306 e. The van der Waals surface area contributed by atoms with Crippen molar-refractivity contribution in [3.8, 4) is 0 Å². The second-order valence-electron chi connectivity index (χ2n) is 6.75. The van der Waals surface area contributed by atoms with Gasteiger partial charge in [0.2, 0.25) is 0 Å². The van der Waals surface area contributed by atoms with Crippen LogP contribution in [-0.4, -0.2) is 73.4 Å². The van der Waals surface area contributed by atoms with Crippen LogP contribution >= 0.6 is 0 Å². The molecule has 0 bridgehead atoms. The zero-order chi connectivity index (χ0) is 25.6. The predicted octanol–water partition coefficient (Wildman–Crippen LogP) is 1.01. The van der Waals surface area contributed by atoms with Crippen LogP contribution in [0.2, 0.25) is 0 Å². The van der Waals surface area contributed by atoms with Crippen molar-refractivity contribution >= 4 is 35.8 Å². The topological polar surface area (TPSA) is 158 Å². The van der Waals surface area contributed by atoms with Crippen LogP contribution in [0, 0.1) is 0 Å². The summed E-state index contributed by atoms with van der Waals surface area (Å²) in [5.74, 6) is -4.52. The van der Waals surface area contributed by atoms with Gasteiger partial charge in [-0.15, -0.1) is 0 Å². The maximum absolute atomic E-state index is 12.2. The number of hydrogen-bond donors (Lipinski definition) is 0. The van der Waals surface area contributed by atoms with E-state index in [9.17, 15) is 28.8 Å². The Morgan fingerprint density at radius 2 is 0.939 bits per heavy atom. The van der Waals surface area contributed by atoms with Crippen molar-refractivity contribution in [3.63, 3.8) is 0 Å². The van der Waals surface area contributed by atoms with E-state index in [4.69, 9.17) is 28.4 Å². The van der Waals surface area contributed by atoms with Crippen LogP contribution in [0.15, 0.2) is 0 Å². The maximum Gasteiger partial charge on any atom is 0.306 e. The molecular formula is C21H32O12. The predicted molar refractivity (Wildman–Crippen MR) is 109 cm³/mol. The lowest BCUT2D eigenvalue weighted by molar-refractivity contribution is -0.207. The third-order valence-electron chi connectivity index (χ3n) is 3.95. The van der Waals surface area contributed by atoms with Crippen molar-refractivity contribution in [1.82, 2.24) is 0 Å². The zero-order valence-corrected chi connectivity index (χ0v) is 19.7. The Labute approximate surface area is 192 Å². The molecule has 0 aromatic carbocycles. The summed E-state index contributed by atoms with van der Waals surface area (Å²) in [6.45, 7) is 6.66. The van der Waals surface area contributed by atoms with Crippen LogP contribution in [0.1, 0.15) is 60.8 Å². The third-order valence-corrected chi connectivity index (χ3v) is 3.95. The molecule has 0 aliphatic carbocycles. The lowest BCUT2D eigenvalue weighted by Crippen LogP contribution is -2.54. The van der Waals surface area contributed by atoms with Gasteiger partial charge in [-0.05, 0) is 0 Å². The highest BCUT2D eigenvalue weighted by atomic mass is 16.6. The first-order valence-corrected chi connectivity index (χ1v) is 10.5. The Bertz CT molecular complexity index is 701. The number of hydrogen-bond acceptors (Lipinski definition) is 12. The minimum absolute atomic E-state index is 0.0176. The van der Waals surface area contributed by atoms with Gasteiger partial charge in [0, 0.05) is 40.0 Å². The molecule has 4 atom stereocenters. The summed E-state index contributed by atoms with van der Waals surface area (Å²) in [7, 11) is 0. The molecule has 0 aromatic rings. The van der Waals surface area contributed by atoms with Crippen molar-refractivity contribution < 1.29 is 57.2 Å². The summed E-state index contributed by atoms with van der Waals surface area (Å²) in [4.78, 5) is 70.7. The highest BCUT2D eigenvalue weighted by Crippen LogP contribution is 2.21. The van der Waals surface area contributed by atoms with E-state index in [-0.39, 0.29) is 19.3 Å². The van der Waals surface area contributed by atoms with E-state index in [0.29, 0.717) is 0 Å². The summed E-state index contributed by atoms with van der Waals surface area (Å²) < 4.78 is 31.1. The molecule has 0 saturated carbocycles. The fourth-order valence-electron chi connectivity index (χ4n) is 2.47. The number of carbonyl (C=O) groups excluding carboxylic acids is 6. The second-order valence-corrected chi connectivity index (χ2v) is 6.75. The van der Waals surface area contributed by atoms with Crippen molar-refractivity contribution in [2.45, 2.75) is 85.2 Å².